The molecule has 1 aromatic carbocycles. The smallest absolute Gasteiger partial charge is 0.319 e. The van der Waals surface area contributed by atoms with Crippen molar-refractivity contribution >= 4 is 11.7 Å². The highest BCUT2D eigenvalue weighted by molar-refractivity contribution is 5.89. The van der Waals surface area contributed by atoms with Crippen molar-refractivity contribution in [2.75, 3.05) is 31.6 Å². The van der Waals surface area contributed by atoms with Gasteiger partial charge in [0, 0.05) is 18.3 Å². The first kappa shape index (κ1) is 17.6. The Bertz CT molecular complexity index is 482. The summed E-state index contributed by atoms with van der Waals surface area (Å²) < 4.78 is 5.39. The van der Waals surface area contributed by atoms with E-state index in [1.54, 1.807) is 0 Å². The second-order valence-electron chi connectivity index (χ2n) is 6.36. The van der Waals surface area contributed by atoms with Crippen LogP contribution >= 0.6 is 0 Å². The van der Waals surface area contributed by atoms with Crippen LogP contribution in [0.2, 0.25) is 0 Å². The fourth-order valence-electron chi connectivity index (χ4n) is 2.82. The third-order valence-corrected chi connectivity index (χ3v) is 4.42. The van der Waals surface area contributed by atoms with Gasteiger partial charge in [0.2, 0.25) is 0 Å². The molecule has 0 bridgehead atoms. The first-order valence-electron chi connectivity index (χ1n) is 8.60. The molecule has 2 amide bonds. The minimum absolute atomic E-state index is 0.161. The average molecular weight is 319 g/mol. The number of ether oxygens (including phenoxy) is 1. The van der Waals surface area contributed by atoms with Crippen molar-refractivity contribution in [2.45, 2.75) is 39.7 Å². The lowest BCUT2D eigenvalue weighted by Gasteiger charge is -2.34. The lowest BCUT2D eigenvalue weighted by molar-refractivity contribution is 0.146. The highest BCUT2D eigenvalue weighted by Gasteiger charge is 2.20. The fourth-order valence-corrected chi connectivity index (χ4v) is 2.82. The van der Waals surface area contributed by atoms with E-state index in [2.05, 4.69) is 29.4 Å². The maximum Gasteiger partial charge on any atom is 0.319 e. The molecule has 5 nitrogen and oxygen atoms in total. The van der Waals surface area contributed by atoms with Gasteiger partial charge in [-0.1, -0.05) is 6.92 Å². The molecule has 0 aliphatic carbocycles. The van der Waals surface area contributed by atoms with Crippen LogP contribution in [-0.4, -0.2) is 43.2 Å². The van der Waals surface area contributed by atoms with Crippen molar-refractivity contribution in [1.29, 1.82) is 0 Å². The van der Waals surface area contributed by atoms with E-state index in [1.807, 2.05) is 31.2 Å². The van der Waals surface area contributed by atoms with Crippen molar-refractivity contribution in [3.05, 3.63) is 24.3 Å². The van der Waals surface area contributed by atoms with Crippen molar-refractivity contribution in [3.8, 4) is 5.75 Å². The Balaban J connectivity index is 1.72. The zero-order valence-corrected chi connectivity index (χ0v) is 14.5. The molecule has 0 saturated carbocycles. The summed E-state index contributed by atoms with van der Waals surface area (Å²) >= 11 is 0. The third-order valence-electron chi connectivity index (χ3n) is 4.42. The molecule has 1 heterocycles. The van der Waals surface area contributed by atoms with Crippen LogP contribution < -0.4 is 15.4 Å². The highest BCUT2D eigenvalue weighted by Crippen LogP contribution is 2.18. The molecule has 2 N–H and O–H groups in total. The van der Waals surface area contributed by atoms with Gasteiger partial charge < -0.3 is 15.4 Å². The van der Waals surface area contributed by atoms with Crippen molar-refractivity contribution < 1.29 is 9.53 Å². The van der Waals surface area contributed by atoms with Gasteiger partial charge in [0.15, 0.2) is 0 Å². The monoisotopic (exact) mass is 319 g/mol. The predicted octanol–water partition coefficient (Wildman–Crippen LogP) is 3.33. The number of nitrogens with zero attached hydrogens (tertiary/aromatic N) is 1. The Hall–Kier alpha value is -1.75. The minimum atomic E-state index is -0.161. The third kappa shape index (κ3) is 5.75. The lowest BCUT2D eigenvalue weighted by Crippen LogP contribution is -2.46. The van der Waals surface area contributed by atoms with Gasteiger partial charge in [0.05, 0.1) is 6.61 Å². The van der Waals surface area contributed by atoms with Crippen LogP contribution in [0.25, 0.3) is 0 Å². The van der Waals surface area contributed by atoms with Gasteiger partial charge in [-0.25, -0.2) is 4.79 Å². The number of anilines is 1. The maximum absolute atomic E-state index is 12.0. The van der Waals surface area contributed by atoms with E-state index in [0.717, 1.165) is 30.4 Å². The van der Waals surface area contributed by atoms with Gasteiger partial charge in [0.1, 0.15) is 5.75 Å². The number of likely N-dealkylation sites (tertiary alicyclic amines) is 1. The number of urea groups is 1. The molecule has 1 unspecified atom stereocenters. The van der Waals surface area contributed by atoms with Crippen molar-refractivity contribution in [2.24, 2.45) is 5.92 Å². The molecule has 23 heavy (non-hydrogen) atoms. The first-order valence-corrected chi connectivity index (χ1v) is 8.60. The maximum atomic E-state index is 12.0. The molecule has 2 rings (SSSR count). The molecular formula is C18H29N3O2. The van der Waals surface area contributed by atoms with Crippen LogP contribution in [0.3, 0.4) is 0 Å². The molecule has 1 aliphatic rings. The number of benzene rings is 1. The van der Waals surface area contributed by atoms with E-state index in [9.17, 15) is 4.79 Å². The molecular weight excluding hydrogens is 290 g/mol. The van der Waals surface area contributed by atoms with E-state index in [4.69, 9.17) is 4.74 Å². The van der Waals surface area contributed by atoms with Gasteiger partial charge in [-0.3, -0.25) is 4.90 Å². The second kappa shape index (κ2) is 8.77. The van der Waals surface area contributed by atoms with Crippen LogP contribution in [-0.2, 0) is 0 Å². The Kier molecular flexibility index (Phi) is 6.71. The summed E-state index contributed by atoms with van der Waals surface area (Å²) in [4.78, 5) is 14.4. The van der Waals surface area contributed by atoms with Crippen LogP contribution in [0.15, 0.2) is 24.3 Å². The van der Waals surface area contributed by atoms with Crippen LogP contribution in [0.1, 0.15) is 33.6 Å². The molecule has 1 saturated heterocycles. The summed E-state index contributed by atoms with van der Waals surface area (Å²) in [6.45, 7) is 9.99. The Labute approximate surface area is 139 Å². The van der Waals surface area contributed by atoms with Crippen molar-refractivity contribution in [3.63, 3.8) is 0 Å². The van der Waals surface area contributed by atoms with Gasteiger partial charge in [-0.2, -0.15) is 0 Å². The lowest BCUT2D eigenvalue weighted by atomic mass is 9.98. The summed E-state index contributed by atoms with van der Waals surface area (Å²) in [6.07, 6.45) is 2.51. The zero-order valence-electron chi connectivity index (χ0n) is 14.5. The Morgan fingerprint density at radius 3 is 2.57 bits per heavy atom. The summed E-state index contributed by atoms with van der Waals surface area (Å²) in [6, 6.07) is 7.62. The molecule has 5 heteroatoms. The number of hydrogen-bond donors (Lipinski definition) is 2. The van der Waals surface area contributed by atoms with Crippen molar-refractivity contribution in [1.82, 2.24) is 10.2 Å². The largest absolute Gasteiger partial charge is 0.494 e. The van der Waals surface area contributed by atoms with Crippen LogP contribution in [0, 0.1) is 5.92 Å². The number of nitrogens with one attached hydrogen (secondary N) is 2. The SMILES string of the molecule is CCOc1ccc(NC(=O)NCC(C)N2CCC(C)CC2)cc1. The second-order valence-corrected chi connectivity index (χ2v) is 6.36. The van der Waals surface area contributed by atoms with Crippen LogP contribution in [0.5, 0.6) is 5.75 Å². The van der Waals surface area contributed by atoms with Crippen LogP contribution in [0.4, 0.5) is 10.5 Å². The van der Waals surface area contributed by atoms with E-state index >= 15 is 0 Å². The van der Waals surface area contributed by atoms with E-state index in [-0.39, 0.29) is 6.03 Å². The van der Waals surface area contributed by atoms with Gasteiger partial charge in [-0.05, 0) is 70.0 Å². The minimum Gasteiger partial charge on any atom is -0.494 e. The molecule has 1 atom stereocenters. The number of carbonyl (C=O) groups excluding carboxylic acids is 1. The topological polar surface area (TPSA) is 53.6 Å². The molecule has 1 aliphatic heterocycles. The molecule has 0 radical (unpaired) electrons. The zero-order chi connectivity index (χ0) is 16.7. The summed E-state index contributed by atoms with van der Waals surface area (Å²) in [7, 11) is 0. The van der Waals surface area contributed by atoms with Gasteiger partial charge in [-0.15, -0.1) is 0 Å². The fraction of sp³-hybridized carbons (Fsp3) is 0.611. The van der Waals surface area contributed by atoms with E-state index in [0.29, 0.717) is 19.2 Å². The van der Waals surface area contributed by atoms with E-state index < -0.39 is 0 Å². The Morgan fingerprint density at radius 2 is 1.96 bits per heavy atom. The van der Waals surface area contributed by atoms with Gasteiger partial charge in [0.25, 0.3) is 0 Å². The Morgan fingerprint density at radius 1 is 1.30 bits per heavy atom. The van der Waals surface area contributed by atoms with Gasteiger partial charge >= 0.3 is 6.03 Å². The summed E-state index contributed by atoms with van der Waals surface area (Å²) in [5.74, 6) is 1.64. The number of piperidine rings is 1. The standard InChI is InChI=1S/C18H29N3O2/c1-4-23-17-7-5-16(6-8-17)20-18(22)19-13-15(3)21-11-9-14(2)10-12-21/h5-8,14-15H,4,9-13H2,1-3H3,(H2,19,20,22). The number of carbonyl (C=O) groups is 1. The number of amides is 2. The summed E-state index contributed by atoms with van der Waals surface area (Å²) in [5.41, 5.74) is 0.769. The highest BCUT2D eigenvalue weighted by atomic mass is 16.5. The predicted molar refractivity (Wildman–Crippen MR) is 94.1 cm³/mol. The summed E-state index contributed by atoms with van der Waals surface area (Å²) in [5, 5.41) is 5.81. The number of rotatable bonds is 6. The normalized spacial score (nSPS) is 17.5. The molecule has 1 fully saturated rings. The van der Waals surface area contributed by atoms with E-state index in [1.165, 1.54) is 12.8 Å². The number of hydrogen-bond acceptors (Lipinski definition) is 3. The molecule has 0 spiro atoms. The molecule has 1 aromatic rings. The average Bonchev–Trinajstić information content (AvgIpc) is 2.55. The quantitative estimate of drug-likeness (QED) is 0.845. The molecule has 128 valence electrons. The first-order chi connectivity index (χ1) is 11.1. The molecule has 0 aromatic heterocycles.